The van der Waals surface area contributed by atoms with E-state index in [1.54, 1.807) is 36.7 Å². The average Bonchev–Trinajstić information content (AvgIpc) is 2.73. The van der Waals surface area contributed by atoms with E-state index in [9.17, 15) is 9.59 Å². The molecule has 3 rings (SSSR count). The van der Waals surface area contributed by atoms with E-state index in [1.807, 2.05) is 12.1 Å². The molecule has 2 aromatic heterocycles. The molecule has 3 aromatic rings. The van der Waals surface area contributed by atoms with Crippen molar-refractivity contribution >= 4 is 35.0 Å². The molecule has 0 spiro atoms. The SMILES string of the molecule is O=C(NCc1ccccn1)c1cc(Cl)c(Cl)cc1C(=O)NCc1ccccn1. The van der Waals surface area contributed by atoms with Crippen molar-refractivity contribution in [1.29, 1.82) is 0 Å². The van der Waals surface area contributed by atoms with Crippen LogP contribution in [-0.2, 0) is 13.1 Å². The zero-order chi connectivity index (χ0) is 19.9. The molecule has 0 fully saturated rings. The number of aromatic nitrogens is 2. The molecule has 28 heavy (non-hydrogen) atoms. The lowest BCUT2D eigenvalue weighted by Crippen LogP contribution is -2.29. The molecule has 2 heterocycles. The van der Waals surface area contributed by atoms with Crippen LogP contribution in [-0.4, -0.2) is 21.8 Å². The van der Waals surface area contributed by atoms with Crippen LogP contribution in [0.4, 0.5) is 0 Å². The molecule has 0 aliphatic carbocycles. The maximum Gasteiger partial charge on any atom is 0.252 e. The standard InChI is InChI=1S/C20H16Cl2N4O2/c21-17-9-15(19(27)25-11-13-5-1-3-7-23-13)16(10-18(17)22)20(28)26-12-14-6-2-4-8-24-14/h1-10H,11-12H2,(H,25,27)(H,26,28). The third-order valence-corrected chi connectivity index (χ3v) is 4.58. The summed E-state index contributed by atoms with van der Waals surface area (Å²) in [7, 11) is 0. The number of carbonyl (C=O) groups excluding carboxylic acids is 2. The van der Waals surface area contributed by atoms with Crippen LogP contribution in [0, 0.1) is 0 Å². The summed E-state index contributed by atoms with van der Waals surface area (Å²) in [6.07, 6.45) is 3.27. The number of halogens is 2. The minimum atomic E-state index is -0.452. The number of hydrogen-bond acceptors (Lipinski definition) is 4. The minimum absolute atomic E-state index is 0.129. The normalized spacial score (nSPS) is 10.4. The molecular weight excluding hydrogens is 399 g/mol. The smallest absolute Gasteiger partial charge is 0.252 e. The number of amides is 2. The number of rotatable bonds is 6. The quantitative estimate of drug-likeness (QED) is 0.644. The second-order valence-electron chi connectivity index (χ2n) is 5.82. The van der Waals surface area contributed by atoms with Crippen molar-refractivity contribution in [3.8, 4) is 0 Å². The highest BCUT2D eigenvalue weighted by Crippen LogP contribution is 2.26. The van der Waals surface area contributed by atoms with Crippen molar-refractivity contribution in [1.82, 2.24) is 20.6 Å². The van der Waals surface area contributed by atoms with Crippen molar-refractivity contribution in [3.63, 3.8) is 0 Å². The van der Waals surface area contributed by atoms with Crippen molar-refractivity contribution in [3.05, 3.63) is 93.5 Å². The highest BCUT2D eigenvalue weighted by Gasteiger charge is 2.20. The predicted molar refractivity (Wildman–Crippen MR) is 107 cm³/mol. The summed E-state index contributed by atoms with van der Waals surface area (Å²) in [5.41, 5.74) is 1.64. The Morgan fingerprint density at radius 2 is 1.18 bits per heavy atom. The first-order chi connectivity index (χ1) is 13.5. The lowest BCUT2D eigenvalue weighted by molar-refractivity contribution is 0.0916. The molecule has 2 N–H and O–H groups in total. The van der Waals surface area contributed by atoms with Crippen molar-refractivity contribution in [2.75, 3.05) is 0 Å². The molecule has 8 heteroatoms. The van der Waals surface area contributed by atoms with Gasteiger partial charge in [0.05, 0.1) is 45.6 Å². The first kappa shape index (κ1) is 19.8. The summed E-state index contributed by atoms with van der Waals surface area (Å²) in [6, 6.07) is 13.6. The van der Waals surface area contributed by atoms with E-state index in [2.05, 4.69) is 20.6 Å². The highest BCUT2D eigenvalue weighted by atomic mass is 35.5. The zero-order valence-corrected chi connectivity index (χ0v) is 16.2. The van der Waals surface area contributed by atoms with Gasteiger partial charge in [0.25, 0.3) is 11.8 Å². The monoisotopic (exact) mass is 414 g/mol. The van der Waals surface area contributed by atoms with Gasteiger partial charge in [-0.3, -0.25) is 19.6 Å². The lowest BCUT2D eigenvalue weighted by Gasteiger charge is -2.12. The van der Waals surface area contributed by atoms with Gasteiger partial charge in [0.2, 0.25) is 0 Å². The fourth-order valence-electron chi connectivity index (χ4n) is 2.46. The van der Waals surface area contributed by atoms with Gasteiger partial charge >= 0.3 is 0 Å². The molecule has 1 aromatic carbocycles. The van der Waals surface area contributed by atoms with Crippen molar-refractivity contribution in [2.24, 2.45) is 0 Å². The Labute approximate surface area is 171 Å². The van der Waals surface area contributed by atoms with E-state index in [0.717, 1.165) is 0 Å². The Morgan fingerprint density at radius 1 is 0.750 bits per heavy atom. The molecule has 0 radical (unpaired) electrons. The van der Waals surface area contributed by atoms with Crippen LogP contribution in [0.3, 0.4) is 0 Å². The maximum absolute atomic E-state index is 12.6. The summed E-state index contributed by atoms with van der Waals surface area (Å²) in [4.78, 5) is 33.6. The van der Waals surface area contributed by atoms with Gasteiger partial charge in [0.15, 0.2) is 0 Å². The number of benzene rings is 1. The van der Waals surface area contributed by atoms with Gasteiger partial charge in [-0.1, -0.05) is 35.3 Å². The summed E-state index contributed by atoms with van der Waals surface area (Å²) in [6.45, 7) is 0.434. The number of carbonyl (C=O) groups is 2. The number of pyridine rings is 2. The zero-order valence-electron chi connectivity index (χ0n) is 14.7. The van der Waals surface area contributed by atoms with E-state index in [1.165, 1.54) is 12.1 Å². The molecule has 0 aliphatic rings. The van der Waals surface area contributed by atoms with Crippen molar-refractivity contribution in [2.45, 2.75) is 13.1 Å². The van der Waals surface area contributed by atoms with E-state index in [4.69, 9.17) is 23.2 Å². The molecular formula is C20H16Cl2N4O2. The van der Waals surface area contributed by atoms with Gasteiger partial charge in [0.1, 0.15) is 0 Å². The average molecular weight is 415 g/mol. The van der Waals surface area contributed by atoms with E-state index < -0.39 is 11.8 Å². The lowest BCUT2D eigenvalue weighted by atomic mass is 10.1. The van der Waals surface area contributed by atoms with Gasteiger partial charge in [-0.15, -0.1) is 0 Å². The fraction of sp³-hybridized carbons (Fsp3) is 0.100. The first-order valence-corrected chi connectivity index (χ1v) is 9.15. The summed E-state index contributed by atoms with van der Waals surface area (Å²) in [5, 5.41) is 5.84. The van der Waals surface area contributed by atoms with E-state index >= 15 is 0 Å². The third-order valence-electron chi connectivity index (χ3n) is 3.86. The second-order valence-corrected chi connectivity index (χ2v) is 6.63. The number of hydrogen-bond donors (Lipinski definition) is 2. The van der Waals surface area contributed by atoms with E-state index in [0.29, 0.717) is 11.4 Å². The molecule has 0 saturated heterocycles. The molecule has 0 bridgehead atoms. The molecule has 6 nitrogen and oxygen atoms in total. The van der Waals surface area contributed by atoms with Crippen LogP contribution in [0.25, 0.3) is 0 Å². The molecule has 142 valence electrons. The van der Waals surface area contributed by atoms with Gasteiger partial charge in [-0.2, -0.15) is 0 Å². The molecule has 0 saturated carbocycles. The first-order valence-electron chi connectivity index (χ1n) is 8.40. The predicted octanol–water partition coefficient (Wildman–Crippen LogP) is 3.64. The van der Waals surface area contributed by atoms with Crippen LogP contribution in [0.5, 0.6) is 0 Å². The van der Waals surface area contributed by atoms with Gasteiger partial charge in [-0.05, 0) is 36.4 Å². The van der Waals surface area contributed by atoms with Crippen LogP contribution in [0.1, 0.15) is 32.1 Å². The Kier molecular flexibility index (Phi) is 6.57. The van der Waals surface area contributed by atoms with Crippen molar-refractivity contribution < 1.29 is 9.59 Å². The molecule has 0 atom stereocenters. The Bertz CT molecular complexity index is 902. The molecule has 0 aliphatic heterocycles. The Hall–Kier alpha value is -2.96. The topological polar surface area (TPSA) is 84.0 Å². The molecule has 2 amide bonds. The minimum Gasteiger partial charge on any atom is -0.346 e. The van der Waals surface area contributed by atoms with Crippen LogP contribution < -0.4 is 10.6 Å². The van der Waals surface area contributed by atoms with E-state index in [-0.39, 0.29) is 34.3 Å². The Balaban J connectivity index is 1.77. The summed E-state index contributed by atoms with van der Waals surface area (Å²) >= 11 is 12.1. The largest absolute Gasteiger partial charge is 0.346 e. The van der Waals surface area contributed by atoms with Crippen LogP contribution >= 0.6 is 23.2 Å². The summed E-state index contributed by atoms with van der Waals surface area (Å²) in [5.74, 6) is -0.903. The van der Waals surface area contributed by atoms with Gasteiger partial charge in [0, 0.05) is 12.4 Å². The highest BCUT2D eigenvalue weighted by molar-refractivity contribution is 6.42. The summed E-state index contributed by atoms with van der Waals surface area (Å²) < 4.78 is 0. The van der Waals surface area contributed by atoms with Gasteiger partial charge < -0.3 is 10.6 Å². The number of nitrogens with one attached hydrogen (secondary N) is 2. The second kappa shape index (κ2) is 9.30. The van der Waals surface area contributed by atoms with Crippen LogP contribution in [0.15, 0.2) is 60.9 Å². The number of nitrogens with zero attached hydrogens (tertiary/aromatic N) is 2. The Morgan fingerprint density at radius 3 is 1.54 bits per heavy atom. The van der Waals surface area contributed by atoms with Crippen LogP contribution in [0.2, 0.25) is 10.0 Å². The third kappa shape index (κ3) is 5.06. The molecule has 0 unspecified atom stereocenters. The fourth-order valence-corrected chi connectivity index (χ4v) is 2.79. The van der Waals surface area contributed by atoms with Gasteiger partial charge in [-0.25, -0.2) is 0 Å². The maximum atomic E-state index is 12.6.